The first-order chi connectivity index (χ1) is 9.41. The molecule has 2 atom stereocenters. The van der Waals surface area contributed by atoms with Crippen LogP contribution in [-0.2, 0) is 16.8 Å². The second-order valence-corrected chi connectivity index (χ2v) is 7.57. The molecule has 1 aromatic rings. The summed E-state index contributed by atoms with van der Waals surface area (Å²) in [5.74, 6) is 0.376. The van der Waals surface area contributed by atoms with E-state index in [0.29, 0.717) is 25.6 Å². The van der Waals surface area contributed by atoms with Crippen molar-refractivity contribution < 1.29 is 8.42 Å². The number of rotatable bonds is 4. The van der Waals surface area contributed by atoms with Crippen molar-refractivity contribution in [2.45, 2.75) is 25.9 Å². The van der Waals surface area contributed by atoms with Crippen LogP contribution in [0.15, 0.2) is 30.3 Å². The highest BCUT2D eigenvalue weighted by Crippen LogP contribution is 2.20. The Morgan fingerprint density at radius 2 is 2.00 bits per heavy atom. The molecule has 2 unspecified atom stereocenters. The molecule has 0 saturated carbocycles. The van der Waals surface area contributed by atoms with Gasteiger partial charge < -0.3 is 5.73 Å². The lowest BCUT2D eigenvalue weighted by Crippen LogP contribution is -2.52. The summed E-state index contributed by atoms with van der Waals surface area (Å²) < 4.78 is 28.0. The number of piperidine rings is 1. The Kier molecular flexibility index (Phi) is 4.80. The molecular formula is C14H23N3O2S. The van der Waals surface area contributed by atoms with Crippen LogP contribution in [0.5, 0.6) is 0 Å². The Balaban J connectivity index is 2.06. The van der Waals surface area contributed by atoms with E-state index < -0.39 is 10.2 Å². The topological polar surface area (TPSA) is 66.6 Å². The summed E-state index contributed by atoms with van der Waals surface area (Å²) in [6.07, 6.45) is 0.819. The molecule has 1 aliphatic heterocycles. The summed E-state index contributed by atoms with van der Waals surface area (Å²) in [5, 5.41) is 0. The molecular weight excluding hydrogens is 274 g/mol. The first kappa shape index (κ1) is 15.4. The smallest absolute Gasteiger partial charge is 0.282 e. The second-order valence-electron chi connectivity index (χ2n) is 5.54. The van der Waals surface area contributed by atoms with Crippen molar-refractivity contribution >= 4 is 10.2 Å². The standard InChI is InChI=1S/C14H23N3O2S/c1-12-8-9-17(11-14(12)15)20(18,19)16(2)10-13-6-4-3-5-7-13/h3-7,12,14H,8-11,15H2,1-2H3. The number of nitrogens with zero attached hydrogens (tertiary/aromatic N) is 2. The van der Waals surface area contributed by atoms with E-state index in [2.05, 4.69) is 6.92 Å². The molecule has 20 heavy (non-hydrogen) atoms. The Hall–Kier alpha value is -0.950. The van der Waals surface area contributed by atoms with Crippen LogP contribution >= 0.6 is 0 Å². The van der Waals surface area contributed by atoms with Gasteiger partial charge in [-0.15, -0.1) is 0 Å². The lowest BCUT2D eigenvalue weighted by molar-refractivity contribution is 0.239. The van der Waals surface area contributed by atoms with Gasteiger partial charge in [0.2, 0.25) is 0 Å². The van der Waals surface area contributed by atoms with Crippen LogP contribution < -0.4 is 5.73 Å². The van der Waals surface area contributed by atoms with Gasteiger partial charge in [0.1, 0.15) is 0 Å². The van der Waals surface area contributed by atoms with Crippen molar-refractivity contribution in [3.8, 4) is 0 Å². The molecule has 0 bridgehead atoms. The van der Waals surface area contributed by atoms with Crippen molar-refractivity contribution in [1.29, 1.82) is 0 Å². The molecule has 6 heteroatoms. The molecule has 0 spiro atoms. The molecule has 1 aromatic carbocycles. The van der Waals surface area contributed by atoms with Gasteiger partial charge in [-0.3, -0.25) is 0 Å². The van der Waals surface area contributed by atoms with Crippen LogP contribution in [0.2, 0.25) is 0 Å². The van der Waals surface area contributed by atoms with E-state index in [1.165, 1.54) is 8.61 Å². The van der Waals surface area contributed by atoms with E-state index in [4.69, 9.17) is 5.73 Å². The maximum Gasteiger partial charge on any atom is 0.282 e. The maximum absolute atomic E-state index is 12.5. The molecule has 1 fully saturated rings. The molecule has 5 nitrogen and oxygen atoms in total. The average Bonchev–Trinajstić information content (AvgIpc) is 2.42. The number of hydrogen-bond donors (Lipinski definition) is 1. The number of hydrogen-bond acceptors (Lipinski definition) is 3. The number of nitrogens with two attached hydrogens (primary N) is 1. The minimum atomic E-state index is -3.43. The zero-order valence-corrected chi connectivity index (χ0v) is 12.9. The molecule has 2 N–H and O–H groups in total. The van der Waals surface area contributed by atoms with Crippen LogP contribution in [0.4, 0.5) is 0 Å². The third-order valence-electron chi connectivity index (χ3n) is 3.95. The van der Waals surface area contributed by atoms with Gasteiger partial charge in [0, 0.05) is 32.7 Å². The molecule has 0 aliphatic carbocycles. The minimum Gasteiger partial charge on any atom is -0.326 e. The largest absolute Gasteiger partial charge is 0.326 e. The van der Waals surface area contributed by atoms with Gasteiger partial charge in [0.05, 0.1) is 0 Å². The number of benzene rings is 1. The van der Waals surface area contributed by atoms with Crippen LogP contribution in [0.3, 0.4) is 0 Å². The third kappa shape index (κ3) is 3.38. The van der Waals surface area contributed by atoms with E-state index >= 15 is 0 Å². The zero-order chi connectivity index (χ0) is 14.8. The van der Waals surface area contributed by atoms with Crippen molar-refractivity contribution in [3.05, 3.63) is 35.9 Å². The van der Waals surface area contributed by atoms with E-state index in [0.717, 1.165) is 12.0 Å². The van der Waals surface area contributed by atoms with Crippen molar-refractivity contribution in [1.82, 2.24) is 8.61 Å². The third-order valence-corrected chi connectivity index (χ3v) is 5.85. The Morgan fingerprint density at radius 3 is 2.60 bits per heavy atom. The normalized spacial score (nSPS) is 25.0. The molecule has 0 amide bonds. The molecule has 112 valence electrons. The van der Waals surface area contributed by atoms with Crippen LogP contribution in [0.1, 0.15) is 18.9 Å². The van der Waals surface area contributed by atoms with E-state index in [1.807, 2.05) is 30.3 Å². The van der Waals surface area contributed by atoms with Crippen molar-refractivity contribution in [3.63, 3.8) is 0 Å². The highest BCUT2D eigenvalue weighted by atomic mass is 32.2. The summed E-state index contributed by atoms with van der Waals surface area (Å²) in [6.45, 7) is 3.41. The fraction of sp³-hybridized carbons (Fsp3) is 0.571. The van der Waals surface area contributed by atoms with Gasteiger partial charge in [-0.25, -0.2) is 0 Å². The van der Waals surface area contributed by atoms with Gasteiger partial charge in [-0.05, 0) is 17.9 Å². The Labute approximate surface area is 121 Å². The van der Waals surface area contributed by atoms with Crippen molar-refractivity contribution in [2.24, 2.45) is 11.7 Å². The van der Waals surface area contributed by atoms with Gasteiger partial charge in [-0.2, -0.15) is 17.0 Å². The van der Waals surface area contributed by atoms with E-state index in [9.17, 15) is 8.42 Å². The average molecular weight is 297 g/mol. The van der Waals surface area contributed by atoms with Gasteiger partial charge >= 0.3 is 0 Å². The fourth-order valence-electron chi connectivity index (χ4n) is 2.40. The molecule has 2 rings (SSSR count). The van der Waals surface area contributed by atoms with Crippen molar-refractivity contribution in [2.75, 3.05) is 20.1 Å². The maximum atomic E-state index is 12.5. The molecule has 0 aromatic heterocycles. The fourth-order valence-corrected chi connectivity index (χ4v) is 3.80. The van der Waals surface area contributed by atoms with Gasteiger partial charge in [-0.1, -0.05) is 37.3 Å². The zero-order valence-electron chi connectivity index (χ0n) is 12.1. The highest BCUT2D eigenvalue weighted by molar-refractivity contribution is 7.86. The summed E-state index contributed by atoms with van der Waals surface area (Å²) in [6, 6.07) is 9.51. The SMILES string of the molecule is CC1CCN(S(=O)(=O)N(C)Cc2ccccc2)CC1N. The predicted molar refractivity (Wildman–Crippen MR) is 80.2 cm³/mol. The second kappa shape index (κ2) is 6.22. The molecule has 1 saturated heterocycles. The lowest BCUT2D eigenvalue weighted by atomic mass is 9.96. The molecule has 1 heterocycles. The summed E-state index contributed by atoms with van der Waals surface area (Å²) in [4.78, 5) is 0. The quantitative estimate of drug-likeness (QED) is 0.902. The monoisotopic (exact) mass is 297 g/mol. The summed E-state index contributed by atoms with van der Waals surface area (Å²) in [5.41, 5.74) is 6.97. The first-order valence-corrected chi connectivity index (χ1v) is 8.32. The highest BCUT2D eigenvalue weighted by Gasteiger charge is 2.33. The van der Waals surface area contributed by atoms with E-state index in [1.54, 1.807) is 7.05 Å². The van der Waals surface area contributed by atoms with Crippen LogP contribution in [0.25, 0.3) is 0 Å². The predicted octanol–water partition coefficient (Wildman–Crippen LogP) is 1.03. The van der Waals surface area contributed by atoms with Gasteiger partial charge in [0.15, 0.2) is 0 Å². The van der Waals surface area contributed by atoms with Gasteiger partial charge in [0.25, 0.3) is 10.2 Å². The first-order valence-electron chi connectivity index (χ1n) is 6.92. The molecule has 0 radical (unpaired) electrons. The van der Waals surface area contributed by atoms with Crippen LogP contribution in [-0.4, -0.2) is 43.2 Å². The lowest BCUT2D eigenvalue weighted by Gasteiger charge is -2.36. The minimum absolute atomic E-state index is 0.0800. The summed E-state index contributed by atoms with van der Waals surface area (Å²) >= 11 is 0. The summed E-state index contributed by atoms with van der Waals surface area (Å²) in [7, 11) is -1.81. The van der Waals surface area contributed by atoms with Crippen LogP contribution in [0, 0.1) is 5.92 Å². The molecule has 1 aliphatic rings. The Morgan fingerprint density at radius 1 is 1.35 bits per heavy atom. The Bertz CT molecular complexity index is 533. The van der Waals surface area contributed by atoms with E-state index in [-0.39, 0.29) is 6.04 Å².